The number of rotatable bonds is 2. The molecule has 2 atom stereocenters. The van der Waals surface area contributed by atoms with Crippen molar-refractivity contribution in [1.29, 1.82) is 0 Å². The van der Waals surface area contributed by atoms with Crippen LogP contribution >= 0.6 is 11.8 Å². The van der Waals surface area contributed by atoms with E-state index in [0.29, 0.717) is 5.25 Å². The van der Waals surface area contributed by atoms with Crippen LogP contribution in [0, 0.1) is 6.92 Å². The Morgan fingerprint density at radius 3 is 3.00 bits per heavy atom. The monoisotopic (exact) mass is 211 g/mol. The Bertz CT molecular complexity index is 296. The van der Waals surface area contributed by atoms with Crippen LogP contribution in [0.3, 0.4) is 0 Å². The Hall–Kier alpha value is -0.480. The van der Waals surface area contributed by atoms with Crippen LogP contribution in [-0.4, -0.2) is 20.8 Å². The summed E-state index contributed by atoms with van der Waals surface area (Å²) in [6, 6.07) is 0.148. The number of hydrogen-bond acceptors (Lipinski definition) is 3. The predicted octanol–water partition coefficient (Wildman–Crippen LogP) is 1.62. The zero-order chi connectivity index (χ0) is 10.1. The standard InChI is InChI=1S/C10H17N3S/c1-7-6-12-13(2)10(7)9(11)8-4-3-5-14-8/h6,8-9H,3-5,11H2,1-2H3. The van der Waals surface area contributed by atoms with Gasteiger partial charge in [-0.3, -0.25) is 4.68 Å². The minimum Gasteiger partial charge on any atom is -0.322 e. The van der Waals surface area contributed by atoms with Crippen molar-refractivity contribution in [1.82, 2.24) is 9.78 Å². The average molecular weight is 211 g/mol. The fourth-order valence-corrected chi connectivity index (χ4v) is 3.40. The molecule has 1 aliphatic rings. The van der Waals surface area contributed by atoms with Crippen LogP contribution in [0.1, 0.15) is 30.1 Å². The maximum absolute atomic E-state index is 6.26. The second-order valence-electron chi connectivity index (χ2n) is 3.91. The van der Waals surface area contributed by atoms with Crippen LogP contribution in [-0.2, 0) is 7.05 Å². The van der Waals surface area contributed by atoms with Crippen LogP contribution in [0.2, 0.25) is 0 Å². The highest BCUT2D eigenvalue weighted by Crippen LogP contribution is 2.35. The SMILES string of the molecule is Cc1cnn(C)c1C(N)C1CCCS1. The van der Waals surface area contributed by atoms with Crippen molar-refractivity contribution in [2.24, 2.45) is 12.8 Å². The van der Waals surface area contributed by atoms with Gasteiger partial charge in [0.05, 0.1) is 17.9 Å². The Morgan fingerprint density at radius 2 is 2.50 bits per heavy atom. The molecule has 1 aliphatic heterocycles. The van der Waals surface area contributed by atoms with Crippen LogP contribution in [0.4, 0.5) is 0 Å². The van der Waals surface area contributed by atoms with Crippen LogP contribution in [0.25, 0.3) is 0 Å². The lowest BCUT2D eigenvalue weighted by Gasteiger charge is -2.19. The smallest absolute Gasteiger partial charge is 0.0590 e. The van der Waals surface area contributed by atoms with Crippen molar-refractivity contribution >= 4 is 11.8 Å². The van der Waals surface area contributed by atoms with Gasteiger partial charge in [-0.15, -0.1) is 0 Å². The molecule has 1 fully saturated rings. The normalized spacial score (nSPS) is 24.1. The minimum absolute atomic E-state index is 0.148. The molecule has 4 heteroatoms. The second-order valence-corrected chi connectivity index (χ2v) is 5.26. The topological polar surface area (TPSA) is 43.8 Å². The third kappa shape index (κ3) is 1.68. The average Bonchev–Trinajstić information content (AvgIpc) is 2.75. The van der Waals surface area contributed by atoms with E-state index in [1.54, 1.807) is 0 Å². The maximum Gasteiger partial charge on any atom is 0.0590 e. The first-order valence-corrected chi connectivity index (χ1v) is 6.10. The summed E-state index contributed by atoms with van der Waals surface area (Å²) in [5.74, 6) is 1.26. The Labute approximate surface area is 89.1 Å². The van der Waals surface area contributed by atoms with Gasteiger partial charge in [0.2, 0.25) is 0 Å². The Kier molecular flexibility index (Phi) is 2.83. The lowest BCUT2D eigenvalue weighted by Crippen LogP contribution is -2.25. The van der Waals surface area contributed by atoms with E-state index in [-0.39, 0.29) is 6.04 Å². The Balaban J connectivity index is 2.21. The lowest BCUT2D eigenvalue weighted by atomic mass is 10.0. The number of nitrogens with two attached hydrogens (primary N) is 1. The van der Waals surface area contributed by atoms with Crippen molar-refractivity contribution in [2.45, 2.75) is 31.1 Å². The summed E-state index contributed by atoms with van der Waals surface area (Å²) >= 11 is 2.00. The molecule has 0 aliphatic carbocycles. The van der Waals surface area contributed by atoms with Crippen molar-refractivity contribution in [2.75, 3.05) is 5.75 Å². The van der Waals surface area contributed by atoms with E-state index in [4.69, 9.17) is 5.73 Å². The highest BCUT2D eigenvalue weighted by Gasteiger charge is 2.26. The van der Waals surface area contributed by atoms with Gasteiger partial charge in [-0.2, -0.15) is 16.9 Å². The first-order valence-electron chi connectivity index (χ1n) is 5.06. The van der Waals surface area contributed by atoms with Crippen LogP contribution in [0.15, 0.2) is 6.20 Å². The molecule has 0 aromatic carbocycles. The fourth-order valence-electron chi connectivity index (χ4n) is 2.10. The molecule has 1 aromatic rings. The van der Waals surface area contributed by atoms with E-state index in [0.717, 1.165) is 0 Å². The van der Waals surface area contributed by atoms with Gasteiger partial charge in [-0.1, -0.05) is 0 Å². The van der Waals surface area contributed by atoms with E-state index >= 15 is 0 Å². The van der Waals surface area contributed by atoms with Crippen LogP contribution in [0.5, 0.6) is 0 Å². The van der Waals surface area contributed by atoms with Gasteiger partial charge in [0.1, 0.15) is 0 Å². The van der Waals surface area contributed by atoms with Gasteiger partial charge in [0.25, 0.3) is 0 Å². The number of aromatic nitrogens is 2. The Morgan fingerprint density at radius 1 is 1.71 bits per heavy atom. The van der Waals surface area contributed by atoms with Gasteiger partial charge in [-0.05, 0) is 31.1 Å². The number of hydrogen-bond donors (Lipinski definition) is 1. The maximum atomic E-state index is 6.26. The van der Waals surface area contributed by atoms with Crippen LogP contribution < -0.4 is 5.73 Å². The molecular weight excluding hydrogens is 194 g/mol. The van der Waals surface area contributed by atoms with Crippen molar-refractivity contribution in [3.8, 4) is 0 Å². The molecule has 0 bridgehead atoms. The molecule has 0 saturated carbocycles. The second kappa shape index (κ2) is 3.95. The number of nitrogens with zero attached hydrogens (tertiary/aromatic N) is 2. The highest BCUT2D eigenvalue weighted by atomic mass is 32.2. The molecule has 0 amide bonds. The lowest BCUT2D eigenvalue weighted by molar-refractivity contribution is 0.580. The van der Waals surface area contributed by atoms with E-state index in [2.05, 4.69) is 12.0 Å². The zero-order valence-corrected chi connectivity index (χ0v) is 9.55. The molecule has 2 unspecified atom stereocenters. The van der Waals surface area contributed by atoms with Gasteiger partial charge in [0.15, 0.2) is 0 Å². The molecule has 3 nitrogen and oxygen atoms in total. The molecule has 0 radical (unpaired) electrons. The fraction of sp³-hybridized carbons (Fsp3) is 0.700. The van der Waals surface area contributed by atoms with Gasteiger partial charge in [0, 0.05) is 12.3 Å². The molecule has 1 saturated heterocycles. The van der Waals surface area contributed by atoms with E-state index in [9.17, 15) is 0 Å². The summed E-state index contributed by atoms with van der Waals surface area (Å²) in [6.07, 6.45) is 4.45. The van der Waals surface area contributed by atoms with Crippen molar-refractivity contribution < 1.29 is 0 Å². The number of aryl methyl sites for hydroxylation is 2. The predicted molar refractivity (Wildman–Crippen MR) is 60.4 cm³/mol. The molecule has 2 rings (SSSR count). The first kappa shape index (κ1) is 10.1. The molecule has 1 aromatic heterocycles. The van der Waals surface area contributed by atoms with E-state index in [1.165, 1.54) is 29.9 Å². The third-order valence-electron chi connectivity index (χ3n) is 2.86. The summed E-state index contributed by atoms with van der Waals surface area (Å²) in [5.41, 5.74) is 8.68. The van der Waals surface area contributed by atoms with E-state index < -0.39 is 0 Å². The summed E-state index contributed by atoms with van der Waals surface area (Å²) in [5, 5.41) is 4.82. The summed E-state index contributed by atoms with van der Waals surface area (Å²) in [4.78, 5) is 0. The van der Waals surface area contributed by atoms with Crippen molar-refractivity contribution in [3.63, 3.8) is 0 Å². The zero-order valence-electron chi connectivity index (χ0n) is 8.73. The first-order chi connectivity index (χ1) is 6.70. The molecule has 14 heavy (non-hydrogen) atoms. The quantitative estimate of drug-likeness (QED) is 0.808. The summed E-state index contributed by atoms with van der Waals surface area (Å²) in [7, 11) is 1.97. The van der Waals surface area contributed by atoms with Gasteiger partial charge >= 0.3 is 0 Å². The molecule has 2 heterocycles. The molecule has 0 spiro atoms. The van der Waals surface area contributed by atoms with Gasteiger partial charge < -0.3 is 5.73 Å². The minimum atomic E-state index is 0.148. The van der Waals surface area contributed by atoms with E-state index in [1.807, 2.05) is 29.7 Å². The molecule has 2 N–H and O–H groups in total. The molecular formula is C10H17N3S. The summed E-state index contributed by atoms with van der Waals surface area (Å²) < 4.78 is 1.92. The largest absolute Gasteiger partial charge is 0.322 e. The highest BCUT2D eigenvalue weighted by molar-refractivity contribution is 8.00. The molecule has 78 valence electrons. The summed E-state index contributed by atoms with van der Waals surface area (Å²) in [6.45, 7) is 2.09. The van der Waals surface area contributed by atoms with Crippen molar-refractivity contribution in [3.05, 3.63) is 17.5 Å². The number of thioether (sulfide) groups is 1. The van der Waals surface area contributed by atoms with Gasteiger partial charge in [-0.25, -0.2) is 0 Å². The third-order valence-corrected chi connectivity index (χ3v) is 4.34.